The molecule has 10 nitrogen and oxygen atoms in total. The van der Waals surface area contributed by atoms with E-state index in [9.17, 15) is 13.2 Å². The maximum Gasteiger partial charge on any atom is 0.420 e. The van der Waals surface area contributed by atoms with Gasteiger partial charge in [-0.2, -0.15) is 4.98 Å². The molecule has 1 aliphatic carbocycles. The number of halogens is 1. The van der Waals surface area contributed by atoms with Crippen LogP contribution in [0.15, 0.2) is 55.0 Å². The van der Waals surface area contributed by atoms with Crippen molar-refractivity contribution in [3.63, 3.8) is 0 Å². The van der Waals surface area contributed by atoms with E-state index in [1.165, 1.54) is 35.9 Å². The van der Waals surface area contributed by atoms with Crippen molar-refractivity contribution in [2.45, 2.75) is 30.2 Å². The van der Waals surface area contributed by atoms with Crippen molar-refractivity contribution >= 4 is 38.4 Å². The van der Waals surface area contributed by atoms with E-state index < -0.39 is 15.8 Å². The number of rotatable bonds is 7. The summed E-state index contributed by atoms with van der Waals surface area (Å²) in [6.07, 6.45) is 2.03. The minimum Gasteiger partial charge on any atom is -0.495 e. The second-order valence-corrected chi connectivity index (χ2v) is 9.48. The van der Waals surface area contributed by atoms with Gasteiger partial charge in [0, 0.05) is 17.0 Å². The van der Waals surface area contributed by atoms with Gasteiger partial charge in [-0.25, -0.2) is 13.2 Å². The molecule has 2 heterocycles. The second kappa shape index (κ2) is 7.68. The maximum absolute atomic E-state index is 12.9. The molecule has 0 saturated heterocycles. The van der Waals surface area contributed by atoms with Gasteiger partial charge < -0.3 is 13.7 Å². The van der Waals surface area contributed by atoms with Crippen molar-refractivity contribution in [1.29, 1.82) is 0 Å². The summed E-state index contributed by atoms with van der Waals surface area (Å²) in [5, 5.41) is 4.25. The SMILES string of the molecule is COc1ccc(Cl)cc1NS(=O)(=O)c1ccc2c(c1)oc(=O)n2Cc1noc(C2CC2)n1. The highest BCUT2D eigenvalue weighted by Gasteiger charge is 2.30. The number of nitrogens with zero attached hydrogens (tertiary/aromatic N) is 3. The van der Waals surface area contributed by atoms with Crippen LogP contribution in [0, 0.1) is 0 Å². The Morgan fingerprint density at radius 2 is 2.06 bits per heavy atom. The van der Waals surface area contributed by atoms with Crippen LogP contribution in [0.25, 0.3) is 11.1 Å². The lowest BCUT2D eigenvalue weighted by molar-refractivity contribution is 0.372. The minimum absolute atomic E-state index is 0.0477. The number of anilines is 1. The largest absolute Gasteiger partial charge is 0.495 e. The highest BCUT2D eigenvalue weighted by Crippen LogP contribution is 2.38. The van der Waals surface area contributed by atoms with Crippen molar-refractivity contribution in [3.05, 3.63) is 63.7 Å². The monoisotopic (exact) mass is 476 g/mol. The first-order valence-electron chi connectivity index (χ1n) is 9.66. The van der Waals surface area contributed by atoms with E-state index in [4.69, 9.17) is 25.3 Å². The van der Waals surface area contributed by atoms with Crippen LogP contribution in [0.2, 0.25) is 5.02 Å². The highest BCUT2D eigenvalue weighted by atomic mass is 35.5. The average Bonchev–Trinajstić information content (AvgIpc) is 3.42. The van der Waals surface area contributed by atoms with Crippen molar-refractivity contribution in [2.75, 3.05) is 11.8 Å². The lowest BCUT2D eigenvalue weighted by Crippen LogP contribution is -2.16. The Morgan fingerprint density at radius 3 is 2.81 bits per heavy atom. The van der Waals surface area contributed by atoms with Gasteiger partial charge in [0.15, 0.2) is 11.4 Å². The van der Waals surface area contributed by atoms with Crippen molar-refractivity contribution < 1.29 is 22.1 Å². The third-order valence-electron chi connectivity index (χ3n) is 5.07. The van der Waals surface area contributed by atoms with E-state index in [0.29, 0.717) is 33.9 Å². The van der Waals surface area contributed by atoms with Crippen LogP contribution in [0.4, 0.5) is 5.69 Å². The van der Waals surface area contributed by atoms with Crippen molar-refractivity contribution in [3.8, 4) is 5.75 Å². The van der Waals surface area contributed by atoms with E-state index in [1.54, 1.807) is 12.1 Å². The normalized spacial score (nSPS) is 14.1. The Balaban J connectivity index is 1.45. The molecule has 5 rings (SSSR count). The van der Waals surface area contributed by atoms with Gasteiger partial charge in [-0.05, 0) is 43.2 Å². The molecule has 1 N–H and O–H groups in total. The van der Waals surface area contributed by atoms with Crippen LogP contribution in [-0.4, -0.2) is 30.2 Å². The van der Waals surface area contributed by atoms with E-state index in [1.807, 2.05) is 0 Å². The fourth-order valence-electron chi connectivity index (χ4n) is 3.30. The smallest absolute Gasteiger partial charge is 0.420 e. The molecule has 4 aromatic rings. The summed E-state index contributed by atoms with van der Waals surface area (Å²) < 4.78 is 45.3. The van der Waals surface area contributed by atoms with Gasteiger partial charge in [0.1, 0.15) is 5.75 Å². The molecule has 2 aromatic heterocycles. The standard InChI is InChI=1S/C20H17ClN4O6S/c1-29-16-7-4-12(21)8-14(16)24-32(27,28)13-5-6-15-17(9-13)30-20(26)25(15)10-18-22-19(31-23-18)11-2-3-11/h4-9,11,24H,2-3,10H2,1H3. The average molecular weight is 477 g/mol. The Morgan fingerprint density at radius 1 is 1.25 bits per heavy atom. The fourth-order valence-corrected chi connectivity index (χ4v) is 4.54. The van der Waals surface area contributed by atoms with Gasteiger partial charge in [0.25, 0.3) is 10.0 Å². The minimum atomic E-state index is -4.02. The molecule has 2 aromatic carbocycles. The maximum atomic E-state index is 12.9. The summed E-state index contributed by atoms with van der Waals surface area (Å²) >= 11 is 5.98. The van der Waals surface area contributed by atoms with Crippen LogP contribution < -0.4 is 15.2 Å². The molecule has 0 aliphatic heterocycles. The fraction of sp³-hybridized carbons (Fsp3) is 0.250. The highest BCUT2D eigenvalue weighted by molar-refractivity contribution is 7.92. The van der Waals surface area contributed by atoms with Gasteiger partial charge >= 0.3 is 5.76 Å². The molecule has 0 amide bonds. The number of hydrogen-bond acceptors (Lipinski definition) is 8. The predicted molar refractivity (Wildman–Crippen MR) is 115 cm³/mol. The Hall–Kier alpha value is -3.31. The van der Waals surface area contributed by atoms with E-state index in [-0.39, 0.29) is 22.7 Å². The first kappa shape index (κ1) is 20.6. The molecule has 0 bridgehead atoms. The molecule has 1 aliphatic rings. The Labute approximate surface area is 186 Å². The van der Waals surface area contributed by atoms with Crippen LogP contribution in [0.1, 0.15) is 30.5 Å². The predicted octanol–water partition coefficient (Wildman–Crippen LogP) is 3.37. The Kier molecular flexibility index (Phi) is 4.94. The second-order valence-electron chi connectivity index (χ2n) is 7.36. The number of oxazole rings is 1. The van der Waals surface area contributed by atoms with Gasteiger partial charge in [-0.1, -0.05) is 16.8 Å². The number of nitrogens with one attached hydrogen (secondary N) is 1. The number of fused-ring (bicyclic) bond motifs is 1. The quantitative estimate of drug-likeness (QED) is 0.429. The molecular weight excluding hydrogens is 460 g/mol. The zero-order valence-corrected chi connectivity index (χ0v) is 18.3. The summed E-state index contributed by atoms with van der Waals surface area (Å²) in [5.41, 5.74) is 0.705. The Bertz CT molecular complexity index is 1490. The van der Waals surface area contributed by atoms with E-state index in [2.05, 4.69) is 14.9 Å². The summed E-state index contributed by atoms with van der Waals surface area (Å²) in [6, 6.07) is 8.71. The molecule has 0 atom stereocenters. The van der Waals surface area contributed by atoms with Crippen LogP contribution in [0.5, 0.6) is 5.75 Å². The number of hydrogen-bond donors (Lipinski definition) is 1. The number of aromatic nitrogens is 3. The first-order chi connectivity index (χ1) is 15.3. The number of sulfonamides is 1. The first-order valence-corrected chi connectivity index (χ1v) is 11.5. The van der Waals surface area contributed by atoms with E-state index in [0.717, 1.165) is 12.8 Å². The number of methoxy groups -OCH3 is 1. The zero-order valence-electron chi connectivity index (χ0n) is 16.7. The van der Waals surface area contributed by atoms with E-state index >= 15 is 0 Å². The van der Waals surface area contributed by atoms with Crippen LogP contribution >= 0.6 is 11.6 Å². The third-order valence-corrected chi connectivity index (χ3v) is 6.66. The summed E-state index contributed by atoms with van der Waals surface area (Å²) in [6.45, 7) is 0.0477. The van der Waals surface area contributed by atoms with Crippen LogP contribution in [-0.2, 0) is 16.6 Å². The summed E-state index contributed by atoms with van der Waals surface area (Å²) in [4.78, 5) is 16.6. The number of benzene rings is 2. The lowest BCUT2D eigenvalue weighted by Gasteiger charge is -2.12. The molecule has 166 valence electrons. The molecule has 32 heavy (non-hydrogen) atoms. The van der Waals surface area contributed by atoms with Gasteiger partial charge in [0.2, 0.25) is 5.89 Å². The van der Waals surface area contributed by atoms with Gasteiger partial charge in [0.05, 0.1) is 29.8 Å². The zero-order chi connectivity index (χ0) is 22.5. The van der Waals surface area contributed by atoms with Gasteiger partial charge in [-0.15, -0.1) is 0 Å². The molecular formula is C20H17ClN4O6S. The molecule has 1 fully saturated rings. The molecule has 0 radical (unpaired) electrons. The number of ether oxygens (including phenoxy) is 1. The molecule has 0 spiro atoms. The summed E-state index contributed by atoms with van der Waals surface area (Å²) in [5.74, 6) is 0.867. The van der Waals surface area contributed by atoms with Crippen molar-refractivity contribution in [1.82, 2.24) is 14.7 Å². The molecule has 0 unspecified atom stereocenters. The topological polar surface area (TPSA) is 129 Å². The van der Waals surface area contributed by atoms with Crippen molar-refractivity contribution in [2.24, 2.45) is 0 Å². The molecule has 12 heteroatoms. The third kappa shape index (κ3) is 3.84. The molecule has 1 saturated carbocycles. The van der Waals surface area contributed by atoms with Crippen LogP contribution in [0.3, 0.4) is 0 Å². The summed E-state index contributed by atoms with van der Waals surface area (Å²) in [7, 11) is -2.60. The lowest BCUT2D eigenvalue weighted by atomic mass is 10.3. The van der Waals surface area contributed by atoms with Gasteiger partial charge in [-0.3, -0.25) is 9.29 Å².